The maximum atomic E-state index is 4.17. The zero-order valence-electron chi connectivity index (χ0n) is 11.8. The van der Waals surface area contributed by atoms with E-state index in [4.69, 9.17) is 0 Å². The molecule has 0 aliphatic carbocycles. The third-order valence-corrected chi connectivity index (χ3v) is 7.21. The molecule has 2 heterocycles. The predicted octanol–water partition coefficient (Wildman–Crippen LogP) is 4.00. The van der Waals surface area contributed by atoms with Crippen LogP contribution in [0.15, 0.2) is 43.0 Å². The highest BCUT2D eigenvalue weighted by atomic mass is 32.2. The molecule has 4 heteroatoms. The minimum absolute atomic E-state index is 0.325. The van der Waals surface area contributed by atoms with Crippen LogP contribution in [0.25, 0.3) is 0 Å². The number of imidazole rings is 1. The maximum Gasteiger partial charge on any atom is 0.0946 e. The molecule has 0 radical (unpaired) electrons. The molecule has 2 nitrogen and oxygen atoms in total. The summed E-state index contributed by atoms with van der Waals surface area (Å²) in [7, 11) is 0. The maximum absolute atomic E-state index is 4.17. The zero-order valence-corrected chi connectivity index (χ0v) is 13.4. The second-order valence-electron chi connectivity index (χ2n) is 5.33. The van der Waals surface area contributed by atoms with Crippen LogP contribution in [0.5, 0.6) is 0 Å². The molecule has 2 aromatic rings. The van der Waals surface area contributed by atoms with Gasteiger partial charge in [0.05, 0.1) is 10.4 Å². The van der Waals surface area contributed by atoms with Gasteiger partial charge in [-0.1, -0.05) is 29.8 Å². The van der Waals surface area contributed by atoms with Gasteiger partial charge in [0.1, 0.15) is 0 Å². The summed E-state index contributed by atoms with van der Waals surface area (Å²) in [4.78, 5) is 4.17. The monoisotopic (exact) mass is 304 g/mol. The van der Waals surface area contributed by atoms with Gasteiger partial charge in [0.2, 0.25) is 0 Å². The minimum Gasteiger partial charge on any atom is -0.335 e. The fourth-order valence-electron chi connectivity index (χ4n) is 2.56. The fraction of sp³-hybridized carbons (Fsp3) is 0.438. The molecule has 0 N–H and O–H groups in total. The minimum atomic E-state index is 0.325. The first-order valence-electron chi connectivity index (χ1n) is 7.05. The number of nitrogens with zero attached hydrogens (tertiary/aromatic N) is 2. The number of rotatable bonds is 5. The van der Waals surface area contributed by atoms with Gasteiger partial charge in [0.15, 0.2) is 0 Å². The Bertz CT molecular complexity index is 528. The van der Waals surface area contributed by atoms with Crippen molar-refractivity contribution in [3.05, 3.63) is 54.1 Å². The first kappa shape index (κ1) is 14.1. The van der Waals surface area contributed by atoms with Crippen LogP contribution in [0.1, 0.15) is 17.5 Å². The summed E-state index contributed by atoms with van der Waals surface area (Å²) in [5, 5.41) is 0. The first-order valence-corrected chi connectivity index (χ1v) is 9.02. The Hall–Kier alpha value is -0.870. The Morgan fingerprint density at radius 1 is 1.20 bits per heavy atom. The summed E-state index contributed by atoms with van der Waals surface area (Å²) < 4.78 is 2.55. The molecule has 1 aromatic heterocycles. The van der Waals surface area contributed by atoms with E-state index in [-0.39, 0.29) is 0 Å². The lowest BCUT2D eigenvalue weighted by Crippen LogP contribution is -2.25. The molecule has 0 unspecified atom stereocenters. The molecule has 106 valence electrons. The van der Waals surface area contributed by atoms with Gasteiger partial charge in [-0.05, 0) is 25.3 Å². The lowest BCUT2D eigenvalue weighted by Gasteiger charge is -2.27. The van der Waals surface area contributed by atoms with Crippen LogP contribution < -0.4 is 0 Å². The lowest BCUT2D eigenvalue weighted by molar-refractivity contribution is 0.592. The number of thioether (sulfide) groups is 2. The third kappa shape index (κ3) is 3.41. The Morgan fingerprint density at radius 2 is 1.95 bits per heavy atom. The van der Waals surface area contributed by atoms with Crippen LogP contribution in [-0.4, -0.2) is 25.1 Å². The van der Waals surface area contributed by atoms with Gasteiger partial charge in [-0.2, -0.15) is 0 Å². The number of aryl methyl sites for hydroxylation is 2. The molecule has 1 aromatic carbocycles. The van der Waals surface area contributed by atoms with Gasteiger partial charge in [0.25, 0.3) is 0 Å². The van der Waals surface area contributed by atoms with Gasteiger partial charge < -0.3 is 4.57 Å². The van der Waals surface area contributed by atoms with Gasteiger partial charge >= 0.3 is 0 Å². The molecule has 0 atom stereocenters. The average molecular weight is 304 g/mol. The summed E-state index contributed by atoms with van der Waals surface area (Å²) >= 11 is 4.25. The van der Waals surface area contributed by atoms with Crippen molar-refractivity contribution in [2.75, 3.05) is 11.5 Å². The molecule has 1 aliphatic heterocycles. The summed E-state index contributed by atoms with van der Waals surface area (Å²) in [6.45, 7) is 3.21. The quantitative estimate of drug-likeness (QED) is 0.831. The molecule has 0 spiro atoms. The molecule has 0 saturated carbocycles. The van der Waals surface area contributed by atoms with Crippen molar-refractivity contribution < 1.29 is 0 Å². The topological polar surface area (TPSA) is 17.8 Å². The molecule has 1 saturated heterocycles. The number of hydrogen-bond donors (Lipinski definition) is 0. The molecule has 3 rings (SSSR count). The highest BCUT2D eigenvalue weighted by Gasteiger charge is 2.35. The second-order valence-corrected chi connectivity index (χ2v) is 8.54. The average Bonchev–Trinajstić information content (AvgIpc) is 3.11. The van der Waals surface area contributed by atoms with E-state index in [2.05, 4.69) is 70.5 Å². The van der Waals surface area contributed by atoms with Crippen molar-refractivity contribution in [2.45, 2.75) is 30.4 Å². The van der Waals surface area contributed by atoms with Crippen molar-refractivity contribution in [1.29, 1.82) is 0 Å². The summed E-state index contributed by atoms with van der Waals surface area (Å²) in [6.07, 6.45) is 8.27. The van der Waals surface area contributed by atoms with E-state index in [1.165, 1.54) is 29.1 Å². The Labute approximate surface area is 129 Å². The molecule has 1 fully saturated rings. The van der Waals surface area contributed by atoms with Gasteiger partial charge in [-0.3, -0.25) is 0 Å². The van der Waals surface area contributed by atoms with E-state index in [0.29, 0.717) is 4.08 Å². The second kappa shape index (κ2) is 6.27. The molecular weight excluding hydrogens is 284 g/mol. The third-order valence-electron chi connectivity index (χ3n) is 3.71. The first-order chi connectivity index (χ1) is 9.76. The Morgan fingerprint density at radius 3 is 2.60 bits per heavy atom. The van der Waals surface area contributed by atoms with E-state index < -0.39 is 0 Å². The van der Waals surface area contributed by atoms with E-state index in [1.807, 2.05) is 12.5 Å². The molecule has 20 heavy (non-hydrogen) atoms. The Kier molecular flexibility index (Phi) is 4.41. The van der Waals surface area contributed by atoms with Crippen LogP contribution in [0.3, 0.4) is 0 Å². The summed E-state index contributed by atoms with van der Waals surface area (Å²) in [6, 6.07) is 8.97. The van der Waals surface area contributed by atoms with Gasteiger partial charge in [-0.15, -0.1) is 23.5 Å². The zero-order chi connectivity index (χ0) is 13.8. The van der Waals surface area contributed by atoms with Crippen molar-refractivity contribution in [3.8, 4) is 0 Å². The number of aromatic nitrogens is 2. The molecule has 0 bridgehead atoms. The van der Waals surface area contributed by atoms with Crippen LogP contribution in [0.2, 0.25) is 0 Å². The number of benzene rings is 1. The van der Waals surface area contributed by atoms with Crippen molar-refractivity contribution >= 4 is 23.5 Å². The highest BCUT2D eigenvalue weighted by molar-refractivity contribution is 8.21. The molecule has 0 amide bonds. The van der Waals surface area contributed by atoms with Crippen LogP contribution >= 0.6 is 23.5 Å². The standard InChI is InChI=1S/C16H20N2S2/c1-14-2-4-15(5-3-14)6-7-16(19-10-11-20-16)12-18-9-8-17-13-18/h2-5,8-9,13H,6-7,10-12H2,1H3. The fourth-order valence-corrected chi connectivity index (χ4v) is 5.78. The normalized spacial score (nSPS) is 17.4. The van der Waals surface area contributed by atoms with E-state index in [9.17, 15) is 0 Å². The lowest BCUT2D eigenvalue weighted by atomic mass is 10.1. The van der Waals surface area contributed by atoms with Crippen molar-refractivity contribution in [2.24, 2.45) is 0 Å². The van der Waals surface area contributed by atoms with E-state index >= 15 is 0 Å². The van der Waals surface area contributed by atoms with Crippen molar-refractivity contribution in [3.63, 3.8) is 0 Å². The van der Waals surface area contributed by atoms with E-state index in [0.717, 1.165) is 13.0 Å². The van der Waals surface area contributed by atoms with Crippen LogP contribution in [0, 0.1) is 6.92 Å². The van der Waals surface area contributed by atoms with Gasteiger partial charge in [0, 0.05) is 30.4 Å². The largest absolute Gasteiger partial charge is 0.335 e. The summed E-state index contributed by atoms with van der Waals surface area (Å²) in [5.41, 5.74) is 2.79. The van der Waals surface area contributed by atoms with Gasteiger partial charge in [-0.25, -0.2) is 4.98 Å². The Balaban J connectivity index is 1.66. The molecule has 1 aliphatic rings. The van der Waals surface area contributed by atoms with Crippen LogP contribution in [-0.2, 0) is 13.0 Å². The highest BCUT2D eigenvalue weighted by Crippen LogP contribution is 2.48. The smallest absolute Gasteiger partial charge is 0.0946 e. The number of hydrogen-bond acceptors (Lipinski definition) is 3. The summed E-state index contributed by atoms with van der Waals surface area (Å²) in [5.74, 6) is 2.54. The van der Waals surface area contributed by atoms with Crippen molar-refractivity contribution in [1.82, 2.24) is 9.55 Å². The predicted molar refractivity (Wildman–Crippen MR) is 89.4 cm³/mol. The SMILES string of the molecule is Cc1ccc(CCC2(Cn3ccnc3)SCCS2)cc1. The molecular formula is C16H20N2S2. The van der Waals surface area contributed by atoms with Crippen LogP contribution in [0.4, 0.5) is 0 Å². The van der Waals surface area contributed by atoms with E-state index in [1.54, 1.807) is 0 Å².